The molecule has 9 heteroatoms. The molecule has 0 radical (unpaired) electrons. The molecule has 0 spiro atoms. The second kappa shape index (κ2) is 10.2. The molecule has 170 valence electrons. The summed E-state index contributed by atoms with van der Waals surface area (Å²) in [7, 11) is -3.25. The molecular formula is C22H32N4O4S. The maximum absolute atomic E-state index is 12.7. The number of sulfonamides is 1. The van der Waals surface area contributed by atoms with Gasteiger partial charge in [0.25, 0.3) is 0 Å². The van der Waals surface area contributed by atoms with Gasteiger partial charge in [-0.1, -0.05) is 35.0 Å². The summed E-state index contributed by atoms with van der Waals surface area (Å²) < 4.78 is 38.0. The molecule has 2 fully saturated rings. The molecule has 2 aliphatic heterocycles. The van der Waals surface area contributed by atoms with E-state index in [0.717, 1.165) is 57.3 Å². The summed E-state index contributed by atoms with van der Waals surface area (Å²) in [6.45, 7) is 6.22. The summed E-state index contributed by atoms with van der Waals surface area (Å²) in [5, 5.41) is 4.08. The van der Waals surface area contributed by atoms with Gasteiger partial charge >= 0.3 is 0 Å². The van der Waals surface area contributed by atoms with Crippen LogP contribution in [-0.2, 0) is 21.2 Å². The molecular weight excluding hydrogens is 416 g/mol. The lowest BCUT2D eigenvalue weighted by Crippen LogP contribution is -2.50. The second-order valence-electron chi connectivity index (χ2n) is 8.49. The Balaban J connectivity index is 1.19. The van der Waals surface area contributed by atoms with Crippen molar-refractivity contribution in [3.05, 3.63) is 35.7 Å². The minimum atomic E-state index is -3.25. The normalized spacial score (nSPS) is 21.4. The number of benzene rings is 1. The average molecular weight is 449 g/mol. The fourth-order valence-corrected chi connectivity index (χ4v) is 5.80. The Labute approximate surface area is 184 Å². The highest BCUT2D eigenvalue weighted by atomic mass is 32.2. The Morgan fingerprint density at radius 2 is 1.87 bits per heavy atom. The number of aromatic nitrogens is 2. The van der Waals surface area contributed by atoms with Gasteiger partial charge in [0.1, 0.15) is 0 Å². The standard InChI is InChI=1S/C22H32N4O4S/c1-18-7-9-19(10-8-18)22-23-21(30-24-22)6-4-11-25-12-14-26(15-13-25)31(27,28)17-20-5-2-3-16-29-20/h7-10,20H,2-6,11-17H2,1H3. The highest BCUT2D eigenvalue weighted by Crippen LogP contribution is 2.19. The summed E-state index contributed by atoms with van der Waals surface area (Å²) in [6.07, 6.45) is 4.41. The quantitative estimate of drug-likeness (QED) is 0.613. The first kappa shape index (κ1) is 22.4. The number of ether oxygens (including phenoxy) is 1. The van der Waals surface area contributed by atoms with Crippen molar-refractivity contribution in [2.24, 2.45) is 0 Å². The summed E-state index contributed by atoms with van der Waals surface area (Å²) in [4.78, 5) is 6.80. The van der Waals surface area contributed by atoms with E-state index in [2.05, 4.69) is 15.0 Å². The minimum absolute atomic E-state index is 0.119. The Morgan fingerprint density at radius 1 is 1.10 bits per heavy atom. The SMILES string of the molecule is Cc1ccc(-c2noc(CCCN3CCN(S(=O)(=O)CC4CCCCO4)CC3)n2)cc1. The van der Waals surface area contributed by atoms with Crippen molar-refractivity contribution in [3.63, 3.8) is 0 Å². The van der Waals surface area contributed by atoms with E-state index in [9.17, 15) is 8.42 Å². The molecule has 0 bridgehead atoms. The van der Waals surface area contributed by atoms with Crippen molar-refractivity contribution in [2.45, 2.75) is 45.1 Å². The first-order valence-corrected chi connectivity index (χ1v) is 12.8. The minimum Gasteiger partial charge on any atom is -0.377 e. The molecule has 0 saturated carbocycles. The molecule has 31 heavy (non-hydrogen) atoms. The molecule has 0 N–H and O–H groups in total. The smallest absolute Gasteiger partial charge is 0.227 e. The Bertz CT molecular complexity index is 931. The number of nitrogens with zero attached hydrogens (tertiary/aromatic N) is 4. The fourth-order valence-electron chi connectivity index (χ4n) is 4.14. The van der Waals surface area contributed by atoms with E-state index >= 15 is 0 Å². The molecule has 1 aromatic carbocycles. The van der Waals surface area contributed by atoms with Crippen LogP contribution in [-0.4, -0.2) is 79.0 Å². The summed E-state index contributed by atoms with van der Waals surface area (Å²) in [5.41, 5.74) is 2.15. The molecule has 2 aliphatic rings. The molecule has 1 atom stereocenters. The largest absolute Gasteiger partial charge is 0.377 e. The Morgan fingerprint density at radius 3 is 2.58 bits per heavy atom. The van der Waals surface area contributed by atoms with Gasteiger partial charge in [0.2, 0.25) is 21.7 Å². The van der Waals surface area contributed by atoms with Crippen LogP contribution in [0.1, 0.15) is 37.1 Å². The van der Waals surface area contributed by atoms with E-state index in [0.29, 0.717) is 31.4 Å². The van der Waals surface area contributed by atoms with Crippen molar-refractivity contribution in [2.75, 3.05) is 45.1 Å². The summed E-state index contributed by atoms with van der Waals surface area (Å²) >= 11 is 0. The Hall–Kier alpha value is -1.81. The van der Waals surface area contributed by atoms with Crippen LogP contribution in [0.25, 0.3) is 11.4 Å². The highest BCUT2D eigenvalue weighted by Gasteiger charge is 2.30. The summed E-state index contributed by atoms with van der Waals surface area (Å²) in [5.74, 6) is 1.38. The lowest BCUT2D eigenvalue weighted by atomic mass is 10.1. The molecule has 4 rings (SSSR count). The molecule has 8 nitrogen and oxygen atoms in total. The van der Waals surface area contributed by atoms with Gasteiger partial charge < -0.3 is 14.2 Å². The van der Waals surface area contributed by atoms with Crippen LogP contribution in [0.2, 0.25) is 0 Å². The van der Waals surface area contributed by atoms with E-state index in [1.54, 1.807) is 4.31 Å². The van der Waals surface area contributed by atoms with Crippen LogP contribution in [0.5, 0.6) is 0 Å². The second-order valence-corrected chi connectivity index (χ2v) is 10.5. The van der Waals surface area contributed by atoms with Gasteiger partial charge in [0.05, 0.1) is 11.9 Å². The third-order valence-corrected chi connectivity index (χ3v) is 7.98. The first-order valence-electron chi connectivity index (χ1n) is 11.2. The third kappa shape index (κ3) is 6.12. The molecule has 2 saturated heterocycles. The maximum atomic E-state index is 12.7. The maximum Gasteiger partial charge on any atom is 0.227 e. The van der Waals surface area contributed by atoms with E-state index in [4.69, 9.17) is 9.26 Å². The molecule has 2 aromatic rings. The van der Waals surface area contributed by atoms with Crippen LogP contribution in [0.15, 0.2) is 28.8 Å². The monoisotopic (exact) mass is 448 g/mol. The zero-order chi connectivity index (χ0) is 21.7. The Kier molecular flexibility index (Phi) is 7.37. The van der Waals surface area contributed by atoms with Gasteiger partial charge in [-0.2, -0.15) is 9.29 Å². The van der Waals surface area contributed by atoms with Crippen LogP contribution in [0.3, 0.4) is 0 Å². The lowest BCUT2D eigenvalue weighted by molar-refractivity contribution is 0.0296. The zero-order valence-corrected chi connectivity index (χ0v) is 19.0. The molecule has 1 unspecified atom stereocenters. The van der Waals surface area contributed by atoms with Crippen LogP contribution < -0.4 is 0 Å². The van der Waals surface area contributed by atoms with Crippen LogP contribution >= 0.6 is 0 Å². The van der Waals surface area contributed by atoms with Crippen molar-refractivity contribution < 1.29 is 17.7 Å². The van der Waals surface area contributed by atoms with Gasteiger partial charge in [-0.25, -0.2) is 8.42 Å². The van der Waals surface area contributed by atoms with E-state index in [1.807, 2.05) is 31.2 Å². The van der Waals surface area contributed by atoms with E-state index < -0.39 is 10.0 Å². The predicted octanol–water partition coefficient (Wildman–Crippen LogP) is 2.49. The van der Waals surface area contributed by atoms with Crippen LogP contribution in [0, 0.1) is 6.92 Å². The highest BCUT2D eigenvalue weighted by molar-refractivity contribution is 7.89. The van der Waals surface area contributed by atoms with E-state index in [1.165, 1.54) is 5.56 Å². The molecule has 3 heterocycles. The van der Waals surface area contributed by atoms with Crippen molar-refractivity contribution in [1.29, 1.82) is 0 Å². The van der Waals surface area contributed by atoms with E-state index in [-0.39, 0.29) is 11.9 Å². The van der Waals surface area contributed by atoms with Crippen molar-refractivity contribution in [3.8, 4) is 11.4 Å². The number of piperazine rings is 1. The first-order chi connectivity index (χ1) is 15.0. The van der Waals surface area contributed by atoms with Gasteiger partial charge in [-0.3, -0.25) is 0 Å². The molecule has 1 aromatic heterocycles. The fraction of sp³-hybridized carbons (Fsp3) is 0.636. The average Bonchev–Trinajstić information content (AvgIpc) is 3.24. The molecule has 0 aliphatic carbocycles. The lowest BCUT2D eigenvalue weighted by Gasteiger charge is -2.35. The predicted molar refractivity (Wildman–Crippen MR) is 118 cm³/mol. The number of hydrogen-bond acceptors (Lipinski definition) is 7. The number of rotatable bonds is 8. The molecule has 0 amide bonds. The van der Waals surface area contributed by atoms with Crippen molar-refractivity contribution >= 4 is 10.0 Å². The number of aryl methyl sites for hydroxylation is 2. The van der Waals surface area contributed by atoms with Gasteiger partial charge in [0.15, 0.2) is 0 Å². The van der Waals surface area contributed by atoms with Gasteiger partial charge in [-0.05, 0) is 39.2 Å². The zero-order valence-electron chi connectivity index (χ0n) is 18.2. The van der Waals surface area contributed by atoms with Crippen molar-refractivity contribution in [1.82, 2.24) is 19.3 Å². The summed E-state index contributed by atoms with van der Waals surface area (Å²) in [6, 6.07) is 8.07. The van der Waals surface area contributed by atoms with Crippen LogP contribution in [0.4, 0.5) is 0 Å². The van der Waals surface area contributed by atoms with Gasteiger partial charge in [0, 0.05) is 44.8 Å². The third-order valence-electron chi connectivity index (χ3n) is 6.04. The van der Waals surface area contributed by atoms with Gasteiger partial charge in [-0.15, -0.1) is 0 Å². The number of hydrogen-bond donors (Lipinski definition) is 0. The topological polar surface area (TPSA) is 88.8 Å².